The van der Waals surface area contributed by atoms with E-state index in [4.69, 9.17) is 11.6 Å². The molecule has 0 aliphatic rings. The lowest BCUT2D eigenvalue weighted by Crippen LogP contribution is -1.76. The number of rotatable bonds is 0. The van der Waals surface area contributed by atoms with E-state index in [1.54, 1.807) is 0 Å². The first-order valence-electron chi connectivity index (χ1n) is 3.21. The molecule has 1 heterocycles. The van der Waals surface area contributed by atoms with Gasteiger partial charge >= 0.3 is 0 Å². The molecule has 0 aliphatic carbocycles. The molecule has 1 aromatic heterocycles. The fourth-order valence-electron chi connectivity index (χ4n) is 1.01. The highest BCUT2D eigenvalue weighted by Crippen LogP contribution is 2.32. The van der Waals surface area contributed by atoms with Gasteiger partial charge in [0.05, 0.1) is 9.72 Å². The standard InChI is InChI=1S/C8H3ClF2S/c9-7-5(10)2-1-4-6(11)3-12-8(4)7/h1-3H. The summed E-state index contributed by atoms with van der Waals surface area (Å²) in [5.41, 5.74) is 0. The number of hydrogen-bond donors (Lipinski definition) is 0. The van der Waals surface area contributed by atoms with Crippen molar-refractivity contribution in [3.8, 4) is 0 Å². The quantitative estimate of drug-likeness (QED) is 0.612. The van der Waals surface area contributed by atoms with Crippen molar-refractivity contribution in [2.75, 3.05) is 0 Å². The molecule has 0 aliphatic heterocycles. The van der Waals surface area contributed by atoms with Crippen molar-refractivity contribution in [2.24, 2.45) is 0 Å². The molecule has 0 nitrogen and oxygen atoms in total. The second kappa shape index (κ2) is 2.68. The number of benzene rings is 1. The van der Waals surface area contributed by atoms with Crippen molar-refractivity contribution in [2.45, 2.75) is 0 Å². The van der Waals surface area contributed by atoms with Gasteiger partial charge in [-0.15, -0.1) is 11.3 Å². The zero-order valence-corrected chi connectivity index (χ0v) is 7.35. The lowest BCUT2D eigenvalue weighted by atomic mass is 10.2. The normalized spacial score (nSPS) is 10.9. The van der Waals surface area contributed by atoms with Gasteiger partial charge in [-0.2, -0.15) is 0 Å². The van der Waals surface area contributed by atoms with Gasteiger partial charge in [0.1, 0.15) is 11.6 Å². The van der Waals surface area contributed by atoms with Crippen molar-refractivity contribution in [1.29, 1.82) is 0 Å². The molecule has 62 valence electrons. The van der Waals surface area contributed by atoms with Crippen LogP contribution in [0.3, 0.4) is 0 Å². The summed E-state index contributed by atoms with van der Waals surface area (Å²) >= 11 is 6.72. The van der Waals surface area contributed by atoms with Crippen molar-refractivity contribution in [3.63, 3.8) is 0 Å². The number of fused-ring (bicyclic) bond motifs is 1. The number of halogens is 3. The Hall–Kier alpha value is -0.670. The van der Waals surface area contributed by atoms with Gasteiger partial charge in [-0.25, -0.2) is 8.78 Å². The summed E-state index contributed by atoms with van der Waals surface area (Å²) in [6.07, 6.45) is 0. The summed E-state index contributed by atoms with van der Waals surface area (Å²) in [6.45, 7) is 0. The summed E-state index contributed by atoms with van der Waals surface area (Å²) in [4.78, 5) is 0. The zero-order chi connectivity index (χ0) is 8.72. The van der Waals surface area contributed by atoms with Crippen LogP contribution in [0.1, 0.15) is 0 Å². The van der Waals surface area contributed by atoms with E-state index in [-0.39, 0.29) is 10.8 Å². The van der Waals surface area contributed by atoms with E-state index >= 15 is 0 Å². The van der Waals surface area contributed by atoms with Gasteiger partial charge < -0.3 is 0 Å². The maximum Gasteiger partial charge on any atom is 0.143 e. The Morgan fingerprint density at radius 1 is 1.17 bits per heavy atom. The third-order valence-electron chi connectivity index (χ3n) is 1.59. The van der Waals surface area contributed by atoms with E-state index in [1.165, 1.54) is 17.5 Å². The first-order valence-corrected chi connectivity index (χ1v) is 4.46. The molecule has 0 atom stereocenters. The van der Waals surface area contributed by atoms with E-state index in [0.717, 1.165) is 11.3 Å². The van der Waals surface area contributed by atoms with Crippen LogP contribution in [0.2, 0.25) is 5.02 Å². The van der Waals surface area contributed by atoms with Crippen LogP contribution in [0.4, 0.5) is 8.78 Å². The highest BCUT2D eigenvalue weighted by Gasteiger charge is 2.09. The van der Waals surface area contributed by atoms with Gasteiger partial charge in [0, 0.05) is 10.8 Å². The monoisotopic (exact) mass is 204 g/mol. The van der Waals surface area contributed by atoms with Crippen LogP contribution in [-0.4, -0.2) is 0 Å². The first-order chi connectivity index (χ1) is 5.70. The lowest BCUT2D eigenvalue weighted by Gasteiger charge is -1.94. The van der Waals surface area contributed by atoms with Crippen LogP contribution in [-0.2, 0) is 0 Å². The molecule has 0 saturated carbocycles. The minimum absolute atomic E-state index is 0.00130. The third-order valence-corrected chi connectivity index (χ3v) is 3.05. The Labute approximate surface area is 76.4 Å². The Morgan fingerprint density at radius 3 is 2.67 bits per heavy atom. The fraction of sp³-hybridized carbons (Fsp3) is 0. The van der Waals surface area contributed by atoms with Crippen molar-refractivity contribution in [1.82, 2.24) is 0 Å². The van der Waals surface area contributed by atoms with E-state index in [9.17, 15) is 8.78 Å². The summed E-state index contributed by atoms with van der Waals surface area (Å²) in [7, 11) is 0. The molecule has 0 radical (unpaired) electrons. The molecule has 4 heteroatoms. The molecular formula is C8H3ClF2S. The van der Waals surface area contributed by atoms with Gasteiger partial charge in [0.2, 0.25) is 0 Å². The van der Waals surface area contributed by atoms with Gasteiger partial charge in [-0.1, -0.05) is 11.6 Å². The second-order valence-corrected chi connectivity index (χ2v) is 3.58. The number of hydrogen-bond acceptors (Lipinski definition) is 1. The number of thiophene rings is 1. The van der Waals surface area contributed by atoms with Crippen LogP contribution in [0, 0.1) is 11.6 Å². The molecule has 0 spiro atoms. The largest absolute Gasteiger partial charge is 0.205 e. The maximum absolute atomic E-state index is 12.9. The molecule has 0 fully saturated rings. The highest BCUT2D eigenvalue weighted by molar-refractivity contribution is 7.17. The van der Waals surface area contributed by atoms with Crippen molar-refractivity contribution in [3.05, 3.63) is 34.2 Å². The minimum Gasteiger partial charge on any atom is -0.205 e. The van der Waals surface area contributed by atoms with Crippen LogP contribution in [0.5, 0.6) is 0 Å². The lowest BCUT2D eigenvalue weighted by molar-refractivity contribution is 0.628. The summed E-state index contributed by atoms with van der Waals surface area (Å²) in [5.74, 6) is -0.858. The zero-order valence-electron chi connectivity index (χ0n) is 5.77. The average molecular weight is 205 g/mol. The predicted octanol–water partition coefficient (Wildman–Crippen LogP) is 3.83. The van der Waals surface area contributed by atoms with Gasteiger partial charge in [-0.3, -0.25) is 0 Å². The highest BCUT2D eigenvalue weighted by atomic mass is 35.5. The van der Waals surface area contributed by atoms with Crippen LogP contribution in [0.25, 0.3) is 10.1 Å². The fourth-order valence-corrected chi connectivity index (χ4v) is 2.15. The Bertz CT molecular complexity index is 436. The van der Waals surface area contributed by atoms with E-state index in [1.807, 2.05) is 0 Å². The van der Waals surface area contributed by atoms with Gasteiger partial charge in [0.15, 0.2) is 0 Å². The topological polar surface area (TPSA) is 0 Å². The summed E-state index contributed by atoms with van der Waals surface area (Å²) in [5, 5.41) is 1.70. The molecule has 2 rings (SSSR count). The smallest absolute Gasteiger partial charge is 0.143 e. The molecule has 0 bridgehead atoms. The van der Waals surface area contributed by atoms with E-state index < -0.39 is 5.82 Å². The molecule has 2 aromatic rings. The molecule has 0 unspecified atom stereocenters. The molecular weight excluding hydrogens is 202 g/mol. The van der Waals surface area contributed by atoms with Crippen LogP contribution in [0.15, 0.2) is 17.5 Å². The third kappa shape index (κ3) is 1.01. The van der Waals surface area contributed by atoms with Gasteiger partial charge in [-0.05, 0) is 12.1 Å². The molecule has 1 aromatic carbocycles. The molecule has 0 N–H and O–H groups in total. The average Bonchev–Trinajstić information content (AvgIpc) is 2.41. The SMILES string of the molecule is Fc1ccc2c(F)csc2c1Cl. The van der Waals surface area contributed by atoms with Crippen molar-refractivity contribution >= 4 is 33.0 Å². The summed E-state index contributed by atoms with van der Waals surface area (Å²) in [6, 6.07) is 2.56. The Kier molecular flexibility index (Phi) is 1.77. The molecule has 0 saturated heterocycles. The summed E-state index contributed by atoms with van der Waals surface area (Å²) < 4.78 is 26.2. The van der Waals surface area contributed by atoms with Gasteiger partial charge in [0.25, 0.3) is 0 Å². The van der Waals surface area contributed by atoms with E-state index in [2.05, 4.69) is 0 Å². The van der Waals surface area contributed by atoms with Crippen molar-refractivity contribution < 1.29 is 8.78 Å². The minimum atomic E-state index is -0.508. The second-order valence-electron chi connectivity index (χ2n) is 2.32. The van der Waals surface area contributed by atoms with E-state index in [0.29, 0.717) is 10.1 Å². The van der Waals surface area contributed by atoms with Crippen LogP contribution < -0.4 is 0 Å². The van der Waals surface area contributed by atoms with Crippen LogP contribution >= 0.6 is 22.9 Å². The molecule has 12 heavy (non-hydrogen) atoms. The first kappa shape index (κ1) is 7.95. The molecule has 0 amide bonds. The Balaban J connectivity index is 2.93. The Morgan fingerprint density at radius 2 is 1.92 bits per heavy atom. The predicted molar refractivity (Wildman–Crippen MR) is 46.8 cm³/mol. The maximum atomic E-state index is 12.9.